The SMILES string of the molecule is C[C@]12CCC(=O)CC1CC[C@@H]1C2CC[C@]2(C)[C@@H](c3ccc(=O)oc3)C[C@H]3O[C@]132. The van der Waals surface area contributed by atoms with E-state index < -0.39 is 0 Å². The largest absolute Gasteiger partial charge is 0.431 e. The zero-order valence-corrected chi connectivity index (χ0v) is 16.9. The molecule has 4 saturated carbocycles. The molecule has 6 rings (SSSR count). The molecule has 0 bridgehead atoms. The van der Waals surface area contributed by atoms with Gasteiger partial charge in [-0.15, -0.1) is 0 Å². The van der Waals surface area contributed by atoms with Gasteiger partial charge in [-0.2, -0.15) is 0 Å². The molecule has 1 spiro atoms. The molecular weight excluding hydrogens is 352 g/mol. The molecule has 5 aliphatic rings. The number of fused-ring (bicyclic) bond motifs is 3. The van der Waals surface area contributed by atoms with Gasteiger partial charge in [0, 0.05) is 24.3 Å². The summed E-state index contributed by atoms with van der Waals surface area (Å²) in [5.74, 6) is 2.77. The first-order chi connectivity index (χ1) is 13.4. The first-order valence-corrected chi connectivity index (χ1v) is 11.2. The smallest absolute Gasteiger partial charge is 0.335 e. The summed E-state index contributed by atoms with van der Waals surface area (Å²) in [6, 6.07) is 3.53. The van der Waals surface area contributed by atoms with Gasteiger partial charge < -0.3 is 9.15 Å². The molecule has 4 aliphatic carbocycles. The van der Waals surface area contributed by atoms with Crippen LogP contribution in [0.5, 0.6) is 0 Å². The zero-order chi connectivity index (χ0) is 19.3. The molecule has 0 radical (unpaired) electrons. The fourth-order valence-corrected chi connectivity index (χ4v) is 8.55. The summed E-state index contributed by atoms with van der Waals surface area (Å²) in [6.45, 7) is 4.92. The number of ether oxygens (including phenoxy) is 1. The highest BCUT2D eigenvalue weighted by Crippen LogP contribution is 2.77. The summed E-state index contributed by atoms with van der Waals surface area (Å²) in [7, 11) is 0. The van der Waals surface area contributed by atoms with Crippen molar-refractivity contribution in [1.29, 1.82) is 0 Å². The van der Waals surface area contributed by atoms with Crippen molar-refractivity contribution in [2.75, 3.05) is 0 Å². The van der Waals surface area contributed by atoms with Crippen molar-refractivity contribution in [3.8, 4) is 0 Å². The van der Waals surface area contributed by atoms with E-state index in [9.17, 15) is 9.59 Å². The van der Waals surface area contributed by atoms with Gasteiger partial charge in [0.1, 0.15) is 11.4 Å². The summed E-state index contributed by atoms with van der Waals surface area (Å²) >= 11 is 0. The van der Waals surface area contributed by atoms with E-state index in [1.807, 2.05) is 6.07 Å². The number of ketones is 1. The molecular formula is C24H30O4. The van der Waals surface area contributed by atoms with Gasteiger partial charge in [0.2, 0.25) is 0 Å². The van der Waals surface area contributed by atoms with Crippen LogP contribution in [0.15, 0.2) is 27.6 Å². The minimum Gasteiger partial charge on any atom is -0.431 e. The molecule has 1 aromatic heterocycles. The Morgan fingerprint density at radius 1 is 1.04 bits per heavy atom. The lowest BCUT2D eigenvalue weighted by atomic mass is 9.44. The molecule has 5 fully saturated rings. The maximum atomic E-state index is 12.1. The van der Waals surface area contributed by atoms with Crippen LogP contribution in [0.3, 0.4) is 0 Å². The molecule has 4 heteroatoms. The van der Waals surface area contributed by atoms with Crippen molar-refractivity contribution in [2.24, 2.45) is 28.6 Å². The molecule has 2 unspecified atom stereocenters. The maximum Gasteiger partial charge on any atom is 0.335 e. The third-order valence-corrected chi connectivity index (χ3v) is 10.0. The van der Waals surface area contributed by atoms with Crippen LogP contribution >= 0.6 is 0 Å². The van der Waals surface area contributed by atoms with Crippen molar-refractivity contribution >= 4 is 5.78 Å². The van der Waals surface area contributed by atoms with Crippen LogP contribution in [-0.4, -0.2) is 17.5 Å². The van der Waals surface area contributed by atoms with Gasteiger partial charge in [0.05, 0.1) is 12.4 Å². The van der Waals surface area contributed by atoms with E-state index in [2.05, 4.69) is 13.8 Å². The first-order valence-electron chi connectivity index (χ1n) is 11.2. The maximum absolute atomic E-state index is 12.1. The average Bonchev–Trinajstić information content (AvgIpc) is 3.33. The zero-order valence-electron chi connectivity index (χ0n) is 16.9. The fourth-order valence-electron chi connectivity index (χ4n) is 8.55. The van der Waals surface area contributed by atoms with E-state index in [1.165, 1.54) is 31.2 Å². The Morgan fingerprint density at radius 3 is 2.68 bits per heavy atom. The lowest BCUT2D eigenvalue weighted by Gasteiger charge is -2.60. The van der Waals surface area contributed by atoms with Crippen molar-refractivity contribution in [2.45, 2.75) is 82.8 Å². The molecule has 0 N–H and O–H groups in total. The molecule has 0 amide bonds. The van der Waals surface area contributed by atoms with Crippen LogP contribution in [0.4, 0.5) is 0 Å². The van der Waals surface area contributed by atoms with Crippen LogP contribution in [-0.2, 0) is 9.53 Å². The number of epoxide rings is 1. The molecule has 8 atom stereocenters. The third-order valence-electron chi connectivity index (χ3n) is 10.0. The van der Waals surface area contributed by atoms with E-state index in [0.29, 0.717) is 41.0 Å². The topological polar surface area (TPSA) is 59.8 Å². The summed E-state index contributed by atoms with van der Waals surface area (Å²) in [4.78, 5) is 23.5. The fraction of sp³-hybridized carbons (Fsp3) is 0.750. The van der Waals surface area contributed by atoms with Crippen LogP contribution in [0.1, 0.15) is 76.7 Å². The monoisotopic (exact) mass is 382 g/mol. The number of carbonyl (C=O) groups excluding carboxylic acids is 1. The molecule has 28 heavy (non-hydrogen) atoms. The van der Waals surface area contributed by atoms with Crippen molar-refractivity contribution < 1.29 is 13.9 Å². The molecule has 0 aromatic carbocycles. The van der Waals surface area contributed by atoms with Crippen LogP contribution in [0.25, 0.3) is 0 Å². The Kier molecular flexibility index (Phi) is 3.35. The Hall–Kier alpha value is -1.42. The third kappa shape index (κ3) is 1.96. The molecule has 150 valence electrons. The summed E-state index contributed by atoms with van der Waals surface area (Å²) in [6.07, 6.45) is 10.5. The van der Waals surface area contributed by atoms with E-state index in [-0.39, 0.29) is 16.6 Å². The Balaban J connectivity index is 1.36. The summed E-state index contributed by atoms with van der Waals surface area (Å²) < 4.78 is 11.8. The second-order valence-corrected chi connectivity index (χ2v) is 10.8. The molecule has 1 aromatic rings. The second-order valence-electron chi connectivity index (χ2n) is 10.8. The normalized spacial score (nSPS) is 51.6. The lowest BCUT2D eigenvalue weighted by molar-refractivity contribution is -0.144. The predicted octanol–water partition coefficient (Wildman–Crippen LogP) is 4.47. The van der Waals surface area contributed by atoms with E-state index in [1.54, 1.807) is 12.3 Å². The van der Waals surface area contributed by atoms with Gasteiger partial charge in [-0.3, -0.25) is 4.79 Å². The van der Waals surface area contributed by atoms with E-state index >= 15 is 0 Å². The number of carbonyl (C=O) groups is 1. The minimum atomic E-state index is -0.273. The highest BCUT2D eigenvalue weighted by Gasteiger charge is 2.80. The van der Waals surface area contributed by atoms with Crippen LogP contribution in [0.2, 0.25) is 0 Å². The number of rotatable bonds is 1. The summed E-state index contributed by atoms with van der Waals surface area (Å²) in [5, 5.41) is 0. The number of hydrogen-bond donors (Lipinski definition) is 0. The standard InChI is InChI=1S/C24H30O4/c1-22-9-7-16(25)11-15(22)4-5-18-17(22)8-10-23(2)19(12-20-24(18,23)28-20)14-3-6-21(26)27-13-14/h3,6,13,15,17-20H,4-5,7-12H2,1-2H3/t15?,17?,18-,19-,20-,22+,23-,24-/m1/s1. The Bertz CT molecular complexity index is 884. The number of hydrogen-bond acceptors (Lipinski definition) is 4. The van der Waals surface area contributed by atoms with Gasteiger partial charge in [-0.25, -0.2) is 4.79 Å². The van der Waals surface area contributed by atoms with E-state index in [0.717, 1.165) is 25.7 Å². The first kappa shape index (κ1) is 17.4. The second kappa shape index (κ2) is 5.38. The Morgan fingerprint density at radius 2 is 1.89 bits per heavy atom. The lowest BCUT2D eigenvalue weighted by Crippen LogP contribution is -2.58. The van der Waals surface area contributed by atoms with Gasteiger partial charge in [-0.05, 0) is 79.2 Å². The Labute approximate surface area is 166 Å². The van der Waals surface area contributed by atoms with Crippen LogP contribution < -0.4 is 5.63 Å². The van der Waals surface area contributed by atoms with E-state index in [4.69, 9.17) is 9.15 Å². The van der Waals surface area contributed by atoms with Gasteiger partial charge in [-0.1, -0.05) is 13.8 Å². The van der Waals surface area contributed by atoms with Crippen molar-refractivity contribution in [3.63, 3.8) is 0 Å². The highest BCUT2D eigenvalue weighted by atomic mass is 16.6. The predicted molar refractivity (Wildman–Crippen MR) is 104 cm³/mol. The van der Waals surface area contributed by atoms with Gasteiger partial charge in [0.15, 0.2) is 0 Å². The van der Waals surface area contributed by atoms with Gasteiger partial charge in [0.25, 0.3) is 0 Å². The molecule has 4 nitrogen and oxygen atoms in total. The van der Waals surface area contributed by atoms with Gasteiger partial charge >= 0.3 is 5.63 Å². The molecule has 2 heterocycles. The number of Topliss-reactive ketones (excluding diaryl/α,β-unsaturated/α-hetero) is 1. The molecule has 1 aliphatic heterocycles. The minimum absolute atomic E-state index is 0.00611. The summed E-state index contributed by atoms with van der Waals surface area (Å²) in [5.41, 5.74) is 1.32. The van der Waals surface area contributed by atoms with Crippen molar-refractivity contribution in [1.82, 2.24) is 0 Å². The highest BCUT2D eigenvalue weighted by molar-refractivity contribution is 5.79. The van der Waals surface area contributed by atoms with Crippen molar-refractivity contribution in [3.05, 3.63) is 34.4 Å². The molecule has 1 saturated heterocycles. The quantitative estimate of drug-likeness (QED) is 0.673. The van der Waals surface area contributed by atoms with Crippen LogP contribution in [0, 0.1) is 28.6 Å². The average molecular weight is 383 g/mol.